The fourth-order valence-electron chi connectivity index (χ4n) is 10.1. The maximum atomic E-state index is 15.1. The van der Waals surface area contributed by atoms with Gasteiger partial charge in [0.05, 0.1) is 42.1 Å². The minimum Gasteiger partial charge on any atom is -0.453 e. The standard InChI is InChI=1S/C46H51F2N7O4/c1-25(2)18-39(56)54-16-6-8-37(54)41-49-22-36(52-41)29-11-14-31-30-13-10-27(19-32(30)45(33(31)20-29)23-46(47,48)24-45)28-12-15-34-35(21-28)51-42(50-34)38-9-7-17-55(38)43(57)40(26(3)4)53-44(58)59-5/h10-15,19-22,25-26,37-38,40H,6-9,16-18,23-24H2,1-5H3,(H,49,52)(H,50,51)(H,53,58)/t37-,38-,40-/m0/s1. The number of hydrogen-bond acceptors (Lipinski definition) is 6. The maximum absolute atomic E-state index is 15.1. The Morgan fingerprint density at radius 2 is 1.47 bits per heavy atom. The van der Waals surface area contributed by atoms with Gasteiger partial charge in [-0.05, 0) is 101 Å². The molecule has 308 valence electrons. The number of alkyl halides is 2. The Morgan fingerprint density at radius 1 is 0.847 bits per heavy atom. The van der Waals surface area contributed by atoms with E-state index in [0.29, 0.717) is 18.8 Å². The van der Waals surface area contributed by atoms with E-state index in [9.17, 15) is 14.4 Å². The Balaban J connectivity index is 0.994. The number of halogens is 2. The predicted molar refractivity (Wildman–Crippen MR) is 221 cm³/mol. The van der Waals surface area contributed by atoms with Crippen molar-refractivity contribution in [2.24, 2.45) is 11.8 Å². The van der Waals surface area contributed by atoms with E-state index in [1.54, 1.807) is 11.1 Å². The third kappa shape index (κ3) is 6.76. The van der Waals surface area contributed by atoms with Gasteiger partial charge in [-0.15, -0.1) is 0 Å². The molecule has 0 bridgehead atoms. The summed E-state index contributed by atoms with van der Waals surface area (Å²) in [6.45, 7) is 9.16. The lowest BCUT2D eigenvalue weighted by Gasteiger charge is -2.46. The highest BCUT2D eigenvalue weighted by atomic mass is 19.3. The van der Waals surface area contributed by atoms with Crippen LogP contribution in [-0.2, 0) is 19.7 Å². The van der Waals surface area contributed by atoms with Crippen LogP contribution in [-0.4, -0.2) is 79.8 Å². The van der Waals surface area contributed by atoms with Crippen molar-refractivity contribution in [3.8, 4) is 33.5 Å². The topological polar surface area (TPSA) is 136 Å². The van der Waals surface area contributed by atoms with Crippen molar-refractivity contribution in [1.82, 2.24) is 35.1 Å². The fourth-order valence-corrected chi connectivity index (χ4v) is 10.1. The largest absolute Gasteiger partial charge is 0.453 e. The van der Waals surface area contributed by atoms with Crippen LogP contribution in [0.5, 0.6) is 0 Å². The van der Waals surface area contributed by atoms with E-state index < -0.39 is 23.5 Å². The Hall–Kier alpha value is -5.59. The second-order valence-corrected chi connectivity index (χ2v) is 17.7. The van der Waals surface area contributed by atoms with Crippen LogP contribution in [0.2, 0.25) is 0 Å². The van der Waals surface area contributed by atoms with Gasteiger partial charge in [0.1, 0.15) is 17.7 Å². The van der Waals surface area contributed by atoms with Crippen molar-refractivity contribution in [1.29, 1.82) is 0 Å². The van der Waals surface area contributed by atoms with E-state index in [-0.39, 0.29) is 48.6 Å². The number of carbonyl (C=O) groups is 3. The zero-order chi connectivity index (χ0) is 41.4. The van der Waals surface area contributed by atoms with Crippen molar-refractivity contribution < 1.29 is 27.9 Å². The maximum Gasteiger partial charge on any atom is 0.407 e. The molecule has 3 fully saturated rings. The number of rotatable bonds is 9. The number of methoxy groups -OCH3 is 1. The first-order chi connectivity index (χ1) is 28.2. The van der Waals surface area contributed by atoms with Crippen LogP contribution in [0.4, 0.5) is 13.6 Å². The van der Waals surface area contributed by atoms with Crippen molar-refractivity contribution in [2.75, 3.05) is 20.2 Å². The van der Waals surface area contributed by atoms with Crippen LogP contribution < -0.4 is 5.32 Å². The van der Waals surface area contributed by atoms with Crippen LogP contribution in [0.1, 0.15) is 108 Å². The van der Waals surface area contributed by atoms with Gasteiger partial charge in [-0.1, -0.05) is 58.0 Å². The number of aromatic nitrogens is 4. The zero-order valence-corrected chi connectivity index (χ0v) is 34.2. The average molecular weight is 804 g/mol. The van der Waals surface area contributed by atoms with Gasteiger partial charge >= 0.3 is 6.09 Å². The molecule has 59 heavy (non-hydrogen) atoms. The number of fused-ring (bicyclic) bond motifs is 6. The van der Waals surface area contributed by atoms with Crippen LogP contribution in [0.3, 0.4) is 0 Å². The van der Waals surface area contributed by atoms with Crippen molar-refractivity contribution in [3.05, 3.63) is 83.6 Å². The summed E-state index contributed by atoms with van der Waals surface area (Å²) < 4.78 is 34.9. The third-order valence-electron chi connectivity index (χ3n) is 12.9. The number of ether oxygens (including phenoxy) is 1. The van der Waals surface area contributed by atoms with E-state index >= 15 is 8.78 Å². The lowest BCUT2D eigenvalue weighted by molar-refractivity contribution is -0.135. The first-order valence-corrected chi connectivity index (χ1v) is 20.9. The lowest BCUT2D eigenvalue weighted by atomic mass is 9.60. The number of imidazole rings is 2. The minimum absolute atomic E-state index is 0.0998. The molecule has 2 saturated heterocycles. The van der Waals surface area contributed by atoms with E-state index in [1.165, 1.54) is 7.11 Å². The Kier molecular flexibility index (Phi) is 9.63. The Bertz CT molecular complexity index is 2460. The molecule has 1 spiro atoms. The summed E-state index contributed by atoms with van der Waals surface area (Å²) in [6.07, 6.45) is 4.46. The molecule has 1 saturated carbocycles. The number of benzene rings is 3. The Morgan fingerprint density at radius 3 is 2.14 bits per heavy atom. The fraction of sp³-hybridized carbons (Fsp3) is 0.457. The number of nitrogens with zero attached hydrogens (tertiary/aromatic N) is 4. The normalized spacial score (nSPS) is 20.6. The predicted octanol–water partition coefficient (Wildman–Crippen LogP) is 9.07. The SMILES string of the molecule is COC(=O)N[C@H](C(=O)N1CCC[C@H]1c1nc2ccc(-c3ccc4c(c3)C3(CC(F)(F)C3)c3cc(-c5cnc([C@@H]6CCCN6C(=O)CC(C)C)[nH]5)ccc3-4)cc2[nH]1)C(C)C. The number of carbonyl (C=O) groups excluding carboxylic acids is 3. The summed E-state index contributed by atoms with van der Waals surface area (Å²) in [6, 6.07) is 17.2. The van der Waals surface area contributed by atoms with Crippen LogP contribution in [0.15, 0.2) is 60.8 Å². The van der Waals surface area contributed by atoms with Gasteiger partial charge in [-0.25, -0.2) is 23.5 Å². The first kappa shape index (κ1) is 38.9. The quantitative estimate of drug-likeness (QED) is 0.136. The molecule has 13 heteroatoms. The summed E-state index contributed by atoms with van der Waals surface area (Å²) in [7, 11) is 1.28. The molecule has 11 nitrogen and oxygen atoms in total. The molecule has 5 aromatic rings. The molecular formula is C46H51F2N7O4. The second-order valence-electron chi connectivity index (χ2n) is 17.7. The monoisotopic (exact) mass is 803 g/mol. The summed E-state index contributed by atoms with van der Waals surface area (Å²) >= 11 is 0. The van der Waals surface area contributed by atoms with Crippen molar-refractivity contribution in [2.45, 2.75) is 102 Å². The average Bonchev–Trinajstić information content (AvgIpc) is 4.05. The van der Waals surface area contributed by atoms with Gasteiger partial charge in [-0.2, -0.15) is 0 Å². The van der Waals surface area contributed by atoms with Gasteiger partial charge in [0.15, 0.2) is 0 Å². The lowest BCUT2D eigenvalue weighted by Crippen LogP contribution is -2.51. The van der Waals surface area contributed by atoms with Crippen molar-refractivity contribution in [3.63, 3.8) is 0 Å². The summed E-state index contributed by atoms with van der Waals surface area (Å²) in [4.78, 5) is 59.1. The molecule has 2 aliphatic carbocycles. The third-order valence-corrected chi connectivity index (χ3v) is 12.9. The van der Waals surface area contributed by atoms with E-state index in [4.69, 9.17) is 14.7 Å². The van der Waals surface area contributed by atoms with Gasteiger partial charge in [0.2, 0.25) is 11.8 Å². The minimum atomic E-state index is -2.77. The molecule has 0 unspecified atom stereocenters. The number of hydrogen-bond donors (Lipinski definition) is 3. The second kappa shape index (κ2) is 14.6. The summed E-state index contributed by atoms with van der Waals surface area (Å²) in [5, 5.41) is 2.70. The van der Waals surface area contributed by atoms with Crippen LogP contribution >= 0.6 is 0 Å². The number of aromatic amines is 2. The zero-order valence-electron chi connectivity index (χ0n) is 34.2. The van der Waals surface area contributed by atoms with Crippen LogP contribution in [0, 0.1) is 11.8 Å². The molecule has 3 aromatic carbocycles. The highest BCUT2D eigenvalue weighted by molar-refractivity contribution is 5.89. The number of H-pyrrole nitrogens is 2. The van der Waals surface area contributed by atoms with Crippen molar-refractivity contribution >= 4 is 28.9 Å². The molecule has 4 heterocycles. The summed E-state index contributed by atoms with van der Waals surface area (Å²) in [5.74, 6) is -1.21. The smallest absolute Gasteiger partial charge is 0.407 e. The molecule has 0 radical (unpaired) electrons. The molecule has 3 atom stereocenters. The summed E-state index contributed by atoms with van der Waals surface area (Å²) in [5.41, 5.74) is 8.04. The van der Waals surface area contributed by atoms with Gasteiger partial charge in [-0.3, -0.25) is 9.59 Å². The molecule has 4 aliphatic rings. The molecule has 2 aromatic heterocycles. The van der Waals surface area contributed by atoms with Gasteiger partial charge < -0.3 is 29.8 Å². The van der Waals surface area contributed by atoms with Gasteiger partial charge in [0, 0.05) is 37.8 Å². The Labute approximate surface area is 342 Å². The number of amides is 3. The number of likely N-dealkylation sites (tertiary alicyclic amines) is 2. The molecule has 3 amide bonds. The van der Waals surface area contributed by atoms with Gasteiger partial charge in [0.25, 0.3) is 5.92 Å². The van der Waals surface area contributed by atoms with Crippen LogP contribution in [0.25, 0.3) is 44.5 Å². The highest BCUT2D eigenvalue weighted by Gasteiger charge is 2.61. The van der Waals surface area contributed by atoms with E-state index in [1.807, 2.05) is 49.1 Å². The first-order valence-electron chi connectivity index (χ1n) is 20.9. The van der Waals surface area contributed by atoms with E-state index in [2.05, 4.69) is 53.4 Å². The molecule has 2 aliphatic heterocycles. The molecular weight excluding hydrogens is 753 g/mol. The van der Waals surface area contributed by atoms with E-state index in [0.717, 1.165) is 93.7 Å². The molecule has 9 rings (SSSR count). The molecule has 3 N–H and O–H groups in total. The number of alkyl carbamates (subject to hydrolysis) is 1. The number of nitrogens with one attached hydrogen (secondary N) is 3. The highest BCUT2D eigenvalue weighted by Crippen LogP contribution is 2.64.